The third-order valence-corrected chi connectivity index (χ3v) is 7.57. The highest BCUT2D eigenvalue weighted by atomic mass is 19.4. The van der Waals surface area contributed by atoms with E-state index in [1.165, 1.54) is 12.1 Å². The van der Waals surface area contributed by atoms with Crippen molar-refractivity contribution in [3.63, 3.8) is 0 Å². The summed E-state index contributed by atoms with van der Waals surface area (Å²) in [5.74, 6) is -0.0649. The average Bonchev–Trinajstić information content (AvgIpc) is 2.91. The van der Waals surface area contributed by atoms with Gasteiger partial charge in [-0.3, -0.25) is 4.90 Å². The van der Waals surface area contributed by atoms with Crippen molar-refractivity contribution in [3.8, 4) is 0 Å². The zero-order valence-corrected chi connectivity index (χ0v) is 20.5. The molecule has 2 saturated heterocycles. The number of fused-ring (bicyclic) bond motifs is 3. The van der Waals surface area contributed by atoms with E-state index in [9.17, 15) is 18.0 Å². The molecule has 7 nitrogen and oxygen atoms in total. The summed E-state index contributed by atoms with van der Waals surface area (Å²) in [6, 6.07) is 13.5. The van der Waals surface area contributed by atoms with Crippen molar-refractivity contribution in [1.29, 1.82) is 0 Å². The number of piperazine rings is 1. The van der Waals surface area contributed by atoms with Gasteiger partial charge in [-0.2, -0.15) is 13.2 Å². The molecular weight excluding hydrogens is 487 g/mol. The van der Waals surface area contributed by atoms with Crippen LogP contribution < -0.4 is 5.32 Å². The Morgan fingerprint density at radius 3 is 2.54 bits per heavy atom. The lowest BCUT2D eigenvalue weighted by molar-refractivity contribution is -0.138. The predicted octanol–water partition coefficient (Wildman–Crippen LogP) is 4.46. The third kappa shape index (κ3) is 5.71. The topological polar surface area (TPSA) is 74.3 Å². The van der Waals surface area contributed by atoms with Gasteiger partial charge in [0.15, 0.2) is 0 Å². The summed E-state index contributed by atoms with van der Waals surface area (Å²) in [5.41, 5.74) is 1.46. The molecule has 200 valence electrons. The first kappa shape index (κ1) is 25.8. The summed E-state index contributed by atoms with van der Waals surface area (Å²) in [7, 11) is 0. The lowest BCUT2D eigenvalue weighted by atomic mass is 9.76. The molecule has 0 unspecified atom stereocenters. The minimum absolute atomic E-state index is 0.0522. The first-order valence-electron chi connectivity index (χ1n) is 12.8. The zero-order chi connectivity index (χ0) is 26.0. The van der Waals surface area contributed by atoms with E-state index < -0.39 is 30.0 Å². The number of benzene rings is 2. The molecule has 3 aliphatic heterocycles. The number of aliphatic hydroxyl groups is 1. The van der Waals surface area contributed by atoms with Gasteiger partial charge in [0.2, 0.25) is 0 Å². The zero-order valence-electron chi connectivity index (χ0n) is 20.5. The number of amides is 1. The Bertz CT molecular complexity index is 1080. The highest BCUT2D eigenvalue weighted by Crippen LogP contribution is 2.51. The third-order valence-electron chi connectivity index (χ3n) is 7.57. The summed E-state index contributed by atoms with van der Waals surface area (Å²) in [6.45, 7) is 3.10. The molecule has 10 heteroatoms. The molecule has 0 radical (unpaired) electrons. The monoisotopic (exact) mass is 519 g/mol. The molecule has 5 rings (SSSR count). The fourth-order valence-corrected chi connectivity index (χ4v) is 5.60. The van der Waals surface area contributed by atoms with Crippen molar-refractivity contribution in [2.75, 3.05) is 51.3 Å². The number of ether oxygens (including phenoxy) is 2. The maximum absolute atomic E-state index is 13.5. The molecule has 0 aliphatic carbocycles. The number of nitrogens with zero attached hydrogens (tertiary/aromatic N) is 2. The molecule has 2 aromatic carbocycles. The number of aliphatic hydroxyl groups excluding tert-OH is 1. The maximum atomic E-state index is 13.5. The standard InChI is InChI=1S/C27H32F3N3O4/c28-27(29,30)19-6-9-23-22(16-19)25-21(24(31-23)18-4-2-1-3-5-18)8-7-20(37-25)17-36-26(35)33-12-10-32(11-13-33)14-15-34/h1-6,9,16,20-21,24-25,31,34H,7-8,10-15,17H2/t20-,21+,24+,25+/m1/s1. The molecule has 1 amide bonds. The van der Waals surface area contributed by atoms with Crippen molar-refractivity contribution < 1.29 is 32.5 Å². The number of hydrogen-bond donors (Lipinski definition) is 2. The normalized spacial score (nSPS) is 26.1. The summed E-state index contributed by atoms with van der Waals surface area (Å²) in [4.78, 5) is 16.3. The van der Waals surface area contributed by atoms with Crippen molar-refractivity contribution in [2.24, 2.45) is 5.92 Å². The van der Waals surface area contributed by atoms with Crippen LogP contribution in [0.2, 0.25) is 0 Å². The second-order valence-corrected chi connectivity index (χ2v) is 9.88. The highest BCUT2D eigenvalue weighted by molar-refractivity contribution is 5.67. The van der Waals surface area contributed by atoms with Crippen LogP contribution in [0.1, 0.15) is 41.7 Å². The SMILES string of the molecule is O=C(OC[C@H]1CC[C@@H]2[C@H](O1)c1cc(C(F)(F)F)ccc1N[C@H]2c1ccccc1)N1CCN(CCO)CC1. The number of alkyl halides is 3. The fraction of sp³-hybridized carbons (Fsp3) is 0.519. The van der Waals surface area contributed by atoms with Gasteiger partial charge in [0.05, 0.1) is 30.4 Å². The Morgan fingerprint density at radius 2 is 1.84 bits per heavy atom. The van der Waals surface area contributed by atoms with Gasteiger partial charge in [-0.05, 0) is 36.6 Å². The minimum atomic E-state index is -4.45. The van der Waals surface area contributed by atoms with Crippen LogP contribution in [-0.4, -0.2) is 73.0 Å². The van der Waals surface area contributed by atoms with E-state index in [1.54, 1.807) is 4.90 Å². The van der Waals surface area contributed by atoms with Crippen LogP contribution in [-0.2, 0) is 15.7 Å². The van der Waals surface area contributed by atoms with Crippen LogP contribution in [0.15, 0.2) is 48.5 Å². The van der Waals surface area contributed by atoms with E-state index in [-0.39, 0.29) is 25.2 Å². The lowest BCUT2D eigenvalue weighted by Gasteiger charge is -2.45. The summed E-state index contributed by atoms with van der Waals surface area (Å²) < 4.78 is 52.5. The van der Waals surface area contributed by atoms with Crippen LogP contribution in [0.25, 0.3) is 0 Å². The van der Waals surface area contributed by atoms with Crippen LogP contribution in [0, 0.1) is 5.92 Å². The highest BCUT2D eigenvalue weighted by Gasteiger charge is 2.44. The number of hydrogen-bond acceptors (Lipinski definition) is 6. The van der Waals surface area contributed by atoms with Gasteiger partial charge in [-0.15, -0.1) is 0 Å². The average molecular weight is 520 g/mol. The van der Waals surface area contributed by atoms with Crippen LogP contribution in [0.3, 0.4) is 0 Å². The number of nitrogens with one attached hydrogen (secondary N) is 1. The summed E-state index contributed by atoms with van der Waals surface area (Å²) in [6.07, 6.45) is -4.47. The molecule has 0 spiro atoms. The number of β-amino-alcohol motifs (C(OH)–C–C–N with tert-alkyl or cyclic N) is 1. The van der Waals surface area contributed by atoms with Crippen LogP contribution in [0.5, 0.6) is 0 Å². The predicted molar refractivity (Wildman–Crippen MR) is 131 cm³/mol. The van der Waals surface area contributed by atoms with Crippen molar-refractivity contribution in [2.45, 2.75) is 37.3 Å². The molecule has 2 aromatic rings. The molecular formula is C27H32F3N3O4. The molecule has 0 bridgehead atoms. The van der Waals surface area contributed by atoms with E-state index in [4.69, 9.17) is 14.6 Å². The summed E-state index contributed by atoms with van der Waals surface area (Å²) in [5, 5.41) is 12.5. The van der Waals surface area contributed by atoms with Gasteiger partial charge in [0, 0.05) is 49.9 Å². The number of anilines is 1. The Balaban J connectivity index is 1.29. The lowest BCUT2D eigenvalue weighted by Crippen LogP contribution is -2.50. The molecule has 0 aromatic heterocycles. The van der Waals surface area contributed by atoms with E-state index in [0.717, 1.165) is 18.1 Å². The molecule has 4 atom stereocenters. The van der Waals surface area contributed by atoms with Crippen LogP contribution >= 0.6 is 0 Å². The first-order valence-corrected chi connectivity index (χ1v) is 12.8. The Hall–Kier alpha value is -2.82. The second-order valence-electron chi connectivity index (χ2n) is 9.88. The maximum Gasteiger partial charge on any atom is 0.416 e. The van der Waals surface area contributed by atoms with Crippen molar-refractivity contribution in [1.82, 2.24) is 9.80 Å². The molecule has 3 heterocycles. The van der Waals surface area contributed by atoms with Gasteiger partial charge in [-0.25, -0.2) is 4.79 Å². The Labute approximate surface area is 214 Å². The molecule has 2 fully saturated rings. The van der Waals surface area contributed by atoms with Crippen LogP contribution in [0.4, 0.5) is 23.7 Å². The second kappa shape index (κ2) is 10.9. The quantitative estimate of drug-likeness (QED) is 0.608. The van der Waals surface area contributed by atoms with Gasteiger partial charge in [-0.1, -0.05) is 30.3 Å². The van der Waals surface area contributed by atoms with Gasteiger partial charge < -0.3 is 24.8 Å². The first-order chi connectivity index (χ1) is 17.8. The van der Waals surface area contributed by atoms with Gasteiger partial charge >= 0.3 is 12.3 Å². The fourth-order valence-electron chi connectivity index (χ4n) is 5.60. The van der Waals surface area contributed by atoms with E-state index >= 15 is 0 Å². The number of carbonyl (C=O) groups is 1. The Kier molecular flexibility index (Phi) is 7.60. The summed E-state index contributed by atoms with van der Waals surface area (Å²) >= 11 is 0. The molecule has 37 heavy (non-hydrogen) atoms. The number of carbonyl (C=O) groups excluding carboxylic acids is 1. The van der Waals surface area contributed by atoms with Crippen molar-refractivity contribution >= 4 is 11.8 Å². The van der Waals surface area contributed by atoms with Crippen molar-refractivity contribution in [3.05, 3.63) is 65.2 Å². The molecule has 2 N–H and O–H groups in total. The molecule has 3 aliphatic rings. The molecule has 0 saturated carbocycles. The smallest absolute Gasteiger partial charge is 0.416 e. The Morgan fingerprint density at radius 1 is 1.08 bits per heavy atom. The van der Waals surface area contributed by atoms with Gasteiger partial charge in [0.1, 0.15) is 6.61 Å². The van der Waals surface area contributed by atoms with E-state index in [1.807, 2.05) is 30.3 Å². The number of halogens is 3. The largest absolute Gasteiger partial charge is 0.447 e. The number of rotatable bonds is 5. The van der Waals surface area contributed by atoms with E-state index in [2.05, 4.69) is 10.2 Å². The van der Waals surface area contributed by atoms with Gasteiger partial charge in [0.25, 0.3) is 0 Å². The minimum Gasteiger partial charge on any atom is -0.447 e. The van der Waals surface area contributed by atoms with E-state index in [0.29, 0.717) is 50.4 Å².